The number of amides is 4. The highest BCUT2D eigenvalue weighted by atomic mass is 19.1. The summed E-state index contributed by atoms with van der Waals surface area (Å²) in [6.45, 7) is 4.64. The van der Waals surface area contributed by atoms with Crippen molar-refractivity contribution in [3.8, 4) is 5.75 Å². The Kier molecular flexibility index (Phi) is 14.5. The number of para-hydroxylation sites is 1. The van der Waals surface area contributed by atoms with Gasteiger partial charge in [-0.3, -0.25) is 33.7 Å². The Morgan fingerprint density at radius 2 is 1.53 bits per heavy atom. The molecule has 0 saturated heterocycles. The molecular formula is C34H41FN8O8. The van der Waals surface area contributed by atoms with Gasteiger partial charge in [-0.15, -0.1) is 10.2 Å². The molecule has 0 radical (unpaired) electrons. The Labute approximate surface area is 292 Å². The molecule has 0 fully saturated rings. The number of hydroxylamine groups is 1. The molecule has 0 saturated carbocycles. The van der Waals surface area contributed by atoms with Gasteiger partial charge in [-0.05, 0) is 56.5 Å². The number of aryl methyl sites for hydroxylation is 1. The molecule has 4 aromatic rings. The number of halogens is 1. The lowest BCUT2D eigenvalue weighted by molar-refractivity contribution is -0.129. The largest absolute Gasteiger partial charge is 0.501 e. The highest BCUT2D eigenvalue weighted by molar-refractivity contribution is 5.95. The molecule has 0 spiro atoms. The minimum Gasteiger partial charge on any atom is -0.501 e. The summed E-state index contributed by atoms with van der Waals surface area (Å²) in [7, 11) is 1.34. The molecule has 2 aromatic heterocycles. The van der Waals surface area contributed by atoms with E-state index in [9.17, 15) is 33.5 Å². The molecule has 0 bridgehead atoms. The second kappa shape index (κ2) is 18.7. The number of aromatic hydroxyl groups is 1. The third kappa shape index (κ3) is 12.1. The van der Waals surface area contributed by atoms with Gasteiger partial charge in [0.25, 0.3) is 11.5 Å². The zero-order valence-corrected chi connectivity index (χ0v) is 28.7. The van der Waals surface area contributed by atoms with Crippen LogP contribution in [-0.4, -0.2) is 53.7 Å². The molecular weight excluding hydrogens is 667 g/mol. The van der Waals surface area contributed by atoms with Crippen LogP contribution in [-0.2, 0) is 28.7 Å². The van der Waals surface area contributed by atoms with E-state index in [4.69, 9.17) is 9.62 Å². The number of aromatic nitrogens is 4. The molecule has 16 nitrogen and oxygen atoms in total. The molecule has 272 valence electrons. The molecule has 0 aliphatic carbocycles. The van der Waals surface area contributed by atoms with Crippen molar-refractivity contribution in [3.63, 3.8) is 0 Å². The summed E-state index contributed by atoms with van der Waals surface area (Å²) in [5.74, 6) is -3.23. The fraction of sp³-hybridized carbons (Fsp3) is 0.353. The second-order valence-electron chi connectivity index (χ2n) is 11.9. The van der Waals surface area contributed by atoms with E-state index in [1.807, 2.05) is 30.3 Å². The lowest BCUT2D eigenvalue weighted by Gasteiger charge is -2.27. The van der Waals surface area contributed by atoms with Crippen molar-refractivity contribution in [1.29, 1.82) is 0 Å². The maximum atomic E-state index is 13.0. The van der Waals surface area contributed by atoms with E-state index in [1.165, 1.54) is 38.2 Å². The van der Waals surface area contributed by atoms with Gasteiger partial charge in [0.15, 0.2) is 5.69 Å². The Bertz CT molecular complexity index is 1860. The molecule has 51 heavy (non-hydrogen) atoms. The molecule has 4 rings (SSSR count). The average Bonchev–Trinajstić information content (AvgIpc) is 3.55. The van der Waals surface area contributed by atoms with Crippen LogP contribution in [0.25, 0.3) is 0 Å². The molecule has 2 aromatic carbocycles. The van der Waals surface area contributed by atoms with Crippen molar-refractivity contribution in [3.05, 3.63) is 99.6 Å². The first kappa shape index (κ1) is 39.5. The van der Waals surface area contributed by atoms with E-state index in [2.05, 4.69) is 31.1 Å². The summed E-state index contributed by atoms with van der Waals surface area (Å²) in [5, 5.41) is 33.7. The molecule has 0 aliphatic heterocycles. The summed E-state index contributed by atoms with van der Waals surface area (Å²) in [5.41, 5.74) is 0.352. The van der Waals surface area contributed by atoms with E-state index in [0.29, 0.717) is 18.4 Å². The van der Waals surface area contributed by atoms with Crippen LogP contribution in [0.15, 0.2) is 63.8 Å². The Balaban J connectivity index is 0.000000316. The average molecular weight is 709 g/mol. The SMILES string of the molecule is Cc1nnc(C(=O)NC(C)(C)c2nc(C(=O)NCc3ccc(F)cc3)c(O)c(=O)n2C)o1.O=C(CCCCCCC(=O)Nc1ccccc1)NO. The van der Waals surface area contributed by atoms with Gasteiger partial charge in [-0.25, -0.2) is 14.9 Å². The minimum absolute atomic E-state index is 0.00294. The van der Waals surface area contributed by atoms with E-state index in [0.717, 1.165) is 35.9 Å². The maximum Gasteiger partial charge on any atom is 0.309 e. The maximum absolute atomic E-state index is 13.0. The number of carbonyl (C=O) groups is 4. The highest BCUT2D eigenvalue weighted by Gasteiger charge is 2.32. The van der Waals surface area contributed by atoms with E-state index in [1.54, 1.807) is 19.3 Å². The summed E-state index contributed by atoms with van der Waals surface area (Å²) in [6, 6.07) is 14.8. The van der Waals surface area contributed by atoms with Crippen molar-refractivity contribution in [2.75, 3.05) is 5.32 Å². The number of benzene rings is 2. The van der Waals surface area contributed by atoms with Gasteiger partial charge in [0.2, 0.25) is 23.5 Å². The predicted molar refractivity (Wildman–Crippen MR) is 181 cm³/mol. The van der Waals surface area contributed by atoms with Crippen LogP contribution >= 0.6 is 0 Å². The van der Waals surface area contributed by atoms with Crippen LogP contribution in [0.2, 0.25) is 0 Å². The van der Waals surface area contributed by atoms with Crippen LogP contribution in [0.3, 0.4) is 0 Å². The van der Waals surface area contributed by atoms with Crippen LogP contribution < -0.4 is 27.0 Å². The number of nitrogens with one attached hydrogen (secondary N) is 4. The predicted octanol–water partition coefficient (Wildman–Crippen LogP) is 3.38. The van der Waals surface area contributed by atoms with Crippen LogP contribution in [0.1, 0.15) is 90.8 Å². The monoisotopic (exact) mass is 708 g/mol. The van der Waals surface area contributed by atoms with Crippen LogP contribution in [0.5, 0.6) is 5.75 Å². The summed E-state index contributed by atoms with van der Waals surface area (Å²) >= 11 is 0. The normalized spacial score (nSPS) is 10.8. The smallest absolute Gasteiger partial charge is 0.309 e. The molecule has 2 heterocycles. The number of anilines is 1. The third-order valence-corrected chi connectivity index (χ3v) is 7.29. The molecule has 0 aliphatic rings. The number of unbranched alkanes of at least 4 members (excludes halogenated alkanes) is 3. The topological polar surface area (TPSA) is 231 Å². The number of carbonyl (C=O) groups excluding carboxylic acids is 4. The lowest BCUT2D eigenvalue weighted by atomic mass is 10.0. The standard InChI is InChI=1S/C20H21FN6O5.C14H20N2O3/c1-10-25-26-17(32-10)16(30)24-20(2,3)19-23-13(14(28)18(31)27(19)4)15(29)22-9-11-5-7-12(21)8-6-11;17-13(15-12-8-4-3-5-9-12)10-6-1-2-7-11-14(18)16-19/h5-8,28H,9H2,1-4H3,(H,22,29)(H,24,30);3-5,8-9,19H,1-2,6-7,10-11H2,(H,15,17)(H,16,18). The summed E-state index contributed by atoms with van der Waals surface area (Å²) in [6.07, 6.45) is 4.13. The fourth-order valence-corrected chi connectivity index (χ4v) is 4.68. The second-order valence-corrected chi connectivity index (χ2v) is 11.9. The Morgan fingerprint density at radius 1 is 0.902 bits per heavy atom. The first-order valence-electron chi connectivity index (χ1n) is 16.0. The number of nitrogens with zero attached hydrogens (tertiary/aromatic N) is 4. The van der Waals surface area contributed by atoms with Gasteiger partial charge in [0.1, 0.15) is 11.6 Å². The zero-order chi connectivity index (χ0) is 37.6. The molecule has 0 atom stereocenters. The lowest BCUT2D eigenvalue weighted by Crippen LogP contribution is -2.46. The molecule has 17 heteroatoms. The van der Waals surface area contributed by atoms with Gasteiger partial charge in [0.05, 0.1) is 5.54 Å². The van der Waals surface area contributed by atoms with Crippen molar-refractivity contribution in [2.24, 2.45) is 7.05 Å². The molecule has 0 unspecified atom stereocenters. The van der Waals surface area contributed by atoms with Gasteiger partial charge >= 0.3 is 11.8 Å². The Hall–Kier alpha value is -5.97. The first-order chi connectivity index (χ1) is 24.2. The number of rotatable bonds is 14. The van der Waals surface area contributed by atoms with Crippen LogP contribution in [0.4, 0.5) is 10.1 Å². The zero-order valence-electron chi connectivity index (χ0n) is 28.7. The van der Waals surface area contributed by atoms with Gasteiger partial charge in [0, 0.05) is 39.0 Å². The van der Waals surface area contributed by atoms with E-state index < -0.39 is 40.2 Å². The molecule has 6 N–H and O–H groups in total. The molecule has 4 amide bonds. The Morgan fingerprint density at radius 3 is 2.12 bits per heavy atom. The van der Waals surface area contributed by atoms with E-state index >= 15 is 0 Å². The third-order valence-electron chi connectivity index (χ3n) is 7.29. The van der Waals surface area contributed by atoms with Crippen molar-refractivity contribution < 1.29 is 38.3 Å². The highest BCUT2D eigenvalue weighted by Crippen LogP contribution is 2.21. The number of hydrogen-bond acceptors (Lipinski definition) is 11. The summed E-state index contributed by atoms with van der Waals surface area (Å²) < 4.78 is 19.1. The summed E-state index contributed by atoms with van der Waals surface area (Å²) in [4.78, 5) is 64.0. The first-order valence-corrected chi connectivity index (χ1v) is 16.0. The number of hydrogen-bond donors (Lipinski definition) is 6. The van der Waals surface area contributed by atoms with Gasteiger partial charge in [-0.2, -0.15) is 0 Å². The van der Waals surface area contributed by atoms with Gasteiger partial charge < -0.3 is 25.5 Å². The fourth-order valence-electron chi connectivity index (χ4n) is 4.68. The van der Waals surface area contributed by atoms with Crippen molar-refractivity contribution >= 4 is 29.3 Å². The van der Waals surface area contributed by atoms with Crippen LogP contribution in [0, 0.1) is 12.7 Å². The van der Waals surface area contributed by atoms with Gasteiger partial charge in [-0.1, -0.05) is 43.2 Å². The quantitative estimate of drug-likeness (QED) is 0.0632. The minimum atomic E-state index is -1.27. The van der Waals surface area contributed by atoms with Crippen molar-refractivity contribution in [2.45, 2.75) is 71.4 Å². The van der Waals surface area contributed by atoms with Crippen molar-refractivity contribution in [1.82, 2.24) is 35.9 Å². The van der Waals surface area contributed by atoms with E-state index in [-0.39, 0.29) is 36.0 Å².